The lowest BCUT2D eigenvalue weighted by molar-refractivity contribution is 0.321. The molecule has 0 aliphatic carbocycles. The molecule has 0 saturated heterocycles. The van der Waals surface area contributed by atoms with Crippen LogP contribution in [0.25, 0.3) is 0 Å². The summed E-state index contributed by atoms with van der Waals surface area (Å²) < 4.78 is 0. The third-order valence-electron chi connectivity index (χ3n) is 1.34. The molecule has 0 aromatic carbocycles. The van der Waals surface area contributed by atoms with Crippen LogP contribution in [0.4, 0.5) is 0 Å². The number of rotatable bonds is 3. The Morgan fingerprint density at radius 3 is 1.11 bits per heavy atom. The van der Waals surface area contributed by atoms with E-state index < -0.39 is 0 Å². The molecule has 3 N–H and O–H groups in total. The maximum atomic E-state index is 2.38. The van der Waals surface area contributed by atoms with Gasteiger partial charge in [-0.05, 0) is 19.6 Å². The van der Waals surface area contributed by atoms with Crippen LogP contribution in [0.15, 0.2) is 0 Å². The molecular formula is C6H19BrN2. The Hall–Kier alpha value is 0.400. The lowest BCUT2D eigenvalue weighted by Crippen LogP contribution is -2.21. The quantitative estimate of drug-likeness (QED) is 0.755. The second-order valence-electron chi connectivity index (χ2n) is 1.62. The highest BCUT2D eigenvalue weighted by molar-refractivity contribution is 8.93. The topological polar surface area (TPSA) is 38.2 Å². The zero-order valence-corrected chi connectivity index (χ0v) is 8.40. The minimum atomic E-state index is 0. The van der Waals surface area contributed by atoms with Crippen LogP contribution in [-0.2, 0) is 0 Å². The summed E-state index contributed by atoms with van der Waals surface area (Å²) in [5, 5.41) is 0. The summed E-state index contributed by atoms with van der Waals surface area (Å²) in [7, 11) is 0. The average Bonchev–Trinajstić information content (AvgIpc) is 1.72. The Labute approximate surface area is 69.0 Å². The molecule has 0 aliphatic heterocycles. The largest absolute Gasteiger partial charge is 0.344 e. The molecular weight excluding hydrogens is 180 g/mol. The highest BCUT2D eigenvalue weighted by Gasteiger charge is 1.89. The molecule has 0 unspecified atom stereocenters. The first-order chi connectivity index (χ1) is 3.35. The molecule has 9 heavy (non-hydrogen) atoms. The van der Waals surface area contributed by atoms with E-state index in [2.05, 4.69) is 25.7 Å². The maximum Gasteiger partial charge on any atom is -0.00474 e. The van der Waals surface area contributed by atoms with Crippen molar-refractivity contribution in [3.8, 4) is 0 Å². The van der Waals surface area contributed by atoms with E-state index in [1.807, 2.05) is 0 Å². The Kier molecular flexibility index (Phi) is 20.2. The fourth-order valence-corrected chi connectivity index (χ4v) is 0.671. The van der Waals surface area contributed by atoms with E-state index in [9.17, 15) is 0 Å². The highest BCUT2D eigenvalue weighted by atomic mass is 79.9. The predicted molar refractivity (Wildman–Crippen MR) is 48.8 cm³/mol. The Bertz CT molecular complexity index is 32.5. The van der Waals surface area contributed by atoms with Gasteiger partial charge in [0.15, 0.2) is 0 Å². The minimum Gasteiger partial charge on any atom is -0.344 e. The average molecular weight is 199 g/mol. The SMILES string of the molecule is Br.CCN(CC)CC.N. The molecule has 2 nitrogen and oxygen atoms in total. The molecule has 0 aromatic rings. The van der Waals surface area contributed by atoms with Gasteiger partial charge in [0.05, 0.1) is 0 Å². The van der Waals surface area contributed by atoms with Gasteiger partial charge in [-0.25, -0.2) is 0 Å². The van der Waals surface area contributed by atoms with E-state index in [0.29, 0.717) is 0 Å². The minimum absolute atomic E-state index is 0. The van der Waals surface area contributed by atoms with E-state index in [0.717, 1.165) is 0 Å². The monoisotopic (exact) mass is 198 g/mol. The van der Waals surface area contributed by atoms with E-state index in [-0.39, 0.29) is 23.1 Å². The lowest BCUT2D eigenvalue weighted by Gasteiger charge is -2.13. The van der Waals surface area contributed by atoms with Crippen LogP contribution in [0.1, 0.15) is 20.8 Å². The summed E-state index contributed by atoms with van der Waals surface area (Å²) in [4.78, 5) is 2.38. The molecule has 0 radical (unpaired) electrons. The summed E-state index contributed by atoms with van der Waals surface area (Å²) in [6.45, 7) is 10.1. The number of nitrogens with zero attached hydrogens (tertiary/aromatic N) is 1. The third-order valence-corrected chi connectivity index (χ3v) is 1.34. The summed E-state index contributed by atoms with van der Waals surface area (Å²) >= 11 is 0. The fraction of sp³-hybridized carbons (Fsp3) is 1.00. The van der Waals surface area contributed by atoms with E-state index in [4.69, 9.17) is 0 Å². The van der Waals surface area contributed by atoms with Gasteiger partial charge in [-0.3, -0.25) is 0 Å². The molecule has 0 amide bonds. The van der Waals surface area contributed by atoms with Crippen LogP contribution >= 0.6 is 17.0 Å². The Morgan fingerprint density at radius 1 is 0.889 bits per heavy atom. The Morgan fingerprint density at radius 2 is 1.11 bits per heavy atom. The van der Waals surface area contributed by atoms with Crippen LogP contribution in [-0.4, -0.2) is 24.5 Å². The molecule has 0 aromatic heterocycles. The zero-order chi connectivity index (χ0) is 5.70. The van der Waals surface area contributed by atoms with Gasteiger partial charge in [-0.1, -0.05) is 20.8 Å². The van der Waals surface area contributed by atoms with Crippen molar-refractivity contribution in [2.45, 2.75) is 20.8 Å². The van der Waals surface area contributed by atoms with Gasteiger partial charge in [0.1, 0.15) is 0 Å². The van der Waals surface area contributed by atoms with Gasteiger partial charge >= 0.3 is 0 Å². The van der Waals surface area contributed by atoms with Gasteiger partial charge in [0.25, 0.3) is 0 Å². The Balaban J connectivity index is -0.000000180. The van der Waals surface area contributed by atoms with Crippen molar-refractivity contribution in [3.05, 3.63) is 0 Å². The molecule has 0 atom stereocenters. The molecule has 0 bridgehead atoms. The zero-order valence-electron chi connectivity index (χ0n) is 6.68. The first-order valence-electron chi connectivity index (χ1n) is 3.07. The molecule has 0 saturated carbocycles. The van der Waals surface area contributed by atoms with Crippen LogP contribution in [0, 0.1) is 0 Å². The van der Waals surface area contributed by atoms with Crippen LogP contribution in [0.5, 0.6) is 0 Å². The van der Waals surface area contributed by atoms with E-state index in [1.54, 1.807) is 0 Å². The lowest BCUT2D eigenvalue weighted by atomic mass is 10.5. The summed E-state index contributed by atoms with van der Waals surface area (Å²) in [5.41, 5.74) is 0. The molecule has 0 spiro atoms. The molecule has 0 rings (SSSR count). The molecule has 60 valence electrons. The van der Waals surface area contributed by atoms with Gasteiger partial charge in [0.2, 0.25) is 0 Å². The van der Waals surface area contributed by atoms with Crippen LogP contribution in [0.2, 0.25) is 0 Å². The summed E-state index contributed by atoms with van der Waals surface area (Å²) in [5.74, 6) is 0. The van der Waals surface area contributed by atoms with Crippen LogP contribution in [0.3, 0.4) is 0 Å². The third kappa shape index (κ3) is 8.40. The number of hydrogen-bond acceptors (Lipinski definition) is 2. The van der Waals surface area contributed by atoms with Gasteiger partial charge in [0, 0.05) is 0 Å². The fourth-order valence-electron chi connectivity index (χ4n) is 0.671. The standard InChI is InChI=1S/C6H15N.BrH.H3N/c1-4-7(5-2)6-3;;/h4-6H2,1-3H3;1H;1H3. The van der Waals surface area contributed by atoms with Gasteiger partial charge in [-0.15, -0.1) is 17.0 Å². The summed E-state index contributed by atoms with van der Waals surface area (Å²) in [6.07, 6.45) is 0. The van der Waals surface area contributed by atoms with Gasteiger partial charge in [-0.2, -0.15) is 0 Å². The van der Waals surface area contributed by atoms with Crippen molar-refractivity contribution in [2.75, 3.05) is 19.6 Å². The van der Waals surface area contributed by atoms with E-state index in [1.165, 1.54) is 19.6 Å². The maximum absolute atomic E-state index is 2.38. The number of hydrogen-bond donors (Lipinski definition) is 1. The van der Waals surface area contributed by atoms with Crippen LogP contribution < -0.4 is 6.15 Å². The normalized spacial score (nSPS) is 8.00. The smallest absolute Gasteiger partial charge is 0.00474 e. The first kappa shape index (κ1) is 16.2. The highest BCUT2D eigenvalue weighted by Crippen LogP contribution is 1.81. The molecule has 0 fully saturated rings. The molecule has 0 aliphatic rings. The van der Waals surface area contributed by atoms with E-state index >= 15 is 0 Å². The second-order valence-corrected chi connectivity index (χ2v) is 1.62. The van der Waals surface area contributed by atoms with Crippen molar-refractivity contribution >= 4 is 17.0 Å². The number of halogens is 1. The second kappa shape index (κ2) is 11.2. The van der Waals surface area contributed by atoms with Crippen molar-refractivity contribution in [2.24, 2.45) is 0 Å². The molecule has 3 heteroatoms. The first-order valence-corrected chi connectivity index (χ1v) is 3.07. The van der Waals surface area contributed by atoms with Gasteiger partial charge < -0.3 is 11.1 Å². The predicted octanol–water partition coefficient (Wildman–Crippen LogP) is 2.09. The van der Waals surface area contributed by atoms with Crippen molar-refractivity contribution in [1.82, 2.24) is 11.1 Å². The van der Waals surface area contributed by atoms with Crippen molar-refractivity contribution < 1.29 is 0 Å². The van der Waals surface area contributed by atoms with Crippen molar-refractivity contribution in [3.63, 3.8) is 0 Å². The molecule has 0 heterocycles. The van der Waals surface area contributed by atoms with Crippen molar-refractivity contribution in [1.29, 1.82) is 0 Å². The summed E-state index contributed by atoms with van der Waals surface area (Å²) in [6, 6.07) is 0.